The number of amides is 1. The minimum atomic E-state index is -3.60. The lowest BCUT2D eigenvalue weighted by Crippen LogP contribution is -2.35. The number of nitrogens with zero attached hydrogens (tertiary/aromatic N) is 3. The number of piperidine rings is 1. The molecule has 35 heavy (non-hydrogen) atoms. The highest BCUT2D eigenvalue weighted by atomic mass is 32.2. The third-order valence-corrected chi connectivity index (χ3v) is 9.10. The fourth-order valence-electron chi connectivity index (χ4n) is 5.11. The molecule has 1 N–H and O–H groups in total. The van der Waals surface area contributed by atoms with E-state index in [-0.39, 0.29) is 10.8 Å². The van der Waals surface area contributed by atoms with Gasteiger partial charge in [0.05, 0.1) is 16.0 Å². The van der Waals surface area contributed by atoms with Gasteiger partial charge in [0.1, 0.15) is 0 Å². The highest BCUT2D eigenvalue weighted by Gasteiger charge is 2.28. The van der Waals surface area contributed by atoms with E-state index in [4.69, 9.17) is 4.98 Å². The first kappa shape index (κ1) is 23.9. The molecular formula is C27H32N4O3S. The largest absolute Gasteiger partial charge is 0.322 e. The lowest BCUT2D eigenvalue weighted by atomic mass is 9.95. The zero-order chi connectivity index (χ0) is 24.6. The molecule has 0 spiro atoms. The van der Waals surface area contributed by atoms with E-state index >= 15 is 0 Å². The number of fused-ring (bicyclic) bond motifs is 2. The monoisotopic (exact) mass is 492 g/mol. The zero-order valence-electron chi connectivity index (χ0n) is 20.4. The highest BCUT2D eigenvalue weighted by molar-refractivity contribution is 7.89. The smallest absolute Gasteiger partial charge is 0.256 e. The van der Waals surface area contributed by atoms with Gasteiger partial charge in [-0.25, -0.2) is 8.42 Å². The van der Waals surface area contributed by atoms with Crippen LogP contribution in [0.2, 0.25) is 0 Å². The van der Waals surface area contributed by atoms with Crippen molar-refractivity contribution in [2.45, 2.75) is 51.0 Å². The number of hydrogen-bond donors (Lipinski definition) is 1. The minimum Gasteiger partial charge on any atom is -0.322 e. The Morgan fingerprint density at radius 1 is 1.06 bits per heavy atom. The molecule has 1 saturated heterocycles. The van der Waals surface area contributed by atoms with Crippen molar-refractivity contribution in [1.29, 1.82) is 0 Å². The van der Waals surface area contributed by atoms with Crippen LogP contribution in [0.3, 0.4) is 0 Å². The maximum absolute atomic E-state index is 13.8. The second-order valence-electron chi connectivity index (χ2n) is 9.44. The molecule has 0 bridgehead atoms. The van der Waals surface area contributed by atoms with Crippen LogP contribution in [0.4, 0.5) is 5.69 Å². The second-order valence-corrected chi connectivity index (χ2v) is 11.4. The van der Waals surface area contributed by atoms with Crippen LogP contribution in [0.5, 0.6) is 0 Å². The average Bonchev–Trinajstić information content (AvgIpc) is 2.88. The summed E-state index contributed by atoms with van der Waals surface area (Å²) in [5, 5.41) is 3.87. The molecule has 8 heteroatoms. The number of anilines is 1. The summed E-state index contributed by atoms with van der Waals surface area (Å²) in [6, 6.07) is 12.7. The molecule has 5 rings (SSSR count). The molecule has 7 nitrogen and oxygen atoms in total. The molecule has 2 aliphatic rings. The molecule has 3 aromatic rings. The summed E-state index contributed by atoms with van der Waals surface area (Å²) in [4.78, 5) is 21.2. The summed E-state index contributed by atoms with van der Waals surface area (Å²) in [5.41, 5.74) is 4.71. The molecule has 0 radical (unpaired) electrons. The van der Waals surface area contributed by atoms with Gasteiger partial charge in [0.15, 0.2) is 0 Å². The van der Waals surface area contributed by atoms with Crippen molar-refractivity contribution < 1.29 is 13.2 Å². The van der Waals surface area contributed by atoms with E-state index in [2.05, 4.69) is 17.1 Å². The summed E-state index contributed by atoms with van der Waals surface area (Å²) in [5.74, 6) is -0.228. The molecule has 0 atom stereocenters. The fraction of sp³-hybridized carbons (Fsp3) is 0.407. The molecular weight excluding hydrogens is 460 g/mol. The highest BCUT2D eigenvalue weighted by Crippen LogP contribution is 2.30. The number of pyridine rings is 1. The first-order chi connectivity index (χ1) is 16.9. The van der Waals surface area contributed by atoms with E-state index < -0.39 is 10.0 Å². The molecule has 1 aromatic heterocycles. The van der Waals surface area contributed by atoms with Crippen LogP contribution in [-0.4, -0.2) is 54.7 Å². The van der Waals surface area contributed by atoms with Crippen molar-refractivity contribution in [3.63, 3.8) is 0 Å². The van der Waals surface area contributed by atoms with E-state index in [1.807, 2.05) is 31.2 Å². The Kier molecular flexibility index (Phi) is 6.61. The summed E-state index contributed by atoms with van der Waals surface area (Å²) >= 11 is 0. The number of carbonyl (C=O) groups excluding carboxylic acids is 1. The van der Waals surface area contributed by atoms with E-state index in [1.54, 1.807) is 22.5 Å². The number of hydrogen-bond acceptors (Lipinski definition) is 5. The molecule has 1 amide bonds. The zero-order valence-corrected chi connectivity index (χ0v) is 21.2. The summed E-state index contributed by atoms with van der Waals surface area (Å²) in [6.45, 7) is 7.59. The van der Waals surface area contributed by atoms with Gasteiger partial charge in [-0.15, -0.1) is 0 Å². The van der Waals surface area contributed by atoms with Crippen molar-refractivity contribution in [3.05, 3.63) is 64.8 Å². The van der Waals surface area contributed by atoms with Crippen LogP contribution in [0.15, 0.2) is 47.4 Å². The molecule has 184 valence electrons. The molecule has 3 heterocycles. The fourth-order valence-corrected chi connectivity index (χ4v) is 6.65. The predicted octanol–water partition coefficient (Wildman–Crippen LogP) is 4.35. The Balaban J connectivity index is 1.53. The Bertz CT molecular complexity index is 1380. The van der Waals surface area contributed by atoms with Crippen LogP contribution in [0, 0.1) is 6.92 Å². The normalized spacial score (nSPS) is 17.3. The van der Waals surface area contributed by atoms with Crippen LogP contribution >= 0.6 is 0 Å². The Hall–Kier alpha value is -2.81. The Labute approximate surface area is 207 Å². The molecule has 1 fully saturated rings. The van der Waals surface area contributed by atoms with Crippen LogP contribution in [-0.2, 0) is 23.0 Å². The van der Waals surface area contributed by atoms with Gasteiger partial charge in [0.2, 0.25) is 10.0 Å². The number of para-hydroxylation sites is 1. The SMILES string of the molecule is CCN1CCc2nc3ccccc3c(C(=O)Nc3cc(S(=O)(=O)N4CCCCC4)ccc3C)c2C1. The van der Waals surface area contributed by atoms with Gasteiger partial charge in [0, 0.05) is 54.9 Å². The van der Waals surface area contributed by atoms with Crippen molar-refractivity contribution in [2.75, 3.05) is 31.5 Å². The van der Waals surface area contributed by atoms with E-state index in [0.717, 1.165) is 66.5 Å². The van der Waals surface area contributed by atoms with Gasteiger partial charge in [-0.1, -0.05) is 37.6 Å². The van der Waals surface area contributed by atoms with Crippen molar-refractivity contribution in [2.24, 2.45) is 0 Å². The Morgan fingerprint density at radius 2 is 1.83 bits per heavy atom. The van der Waals surface area contributed by atoms with Crippen molar-refractivity contribution in [1.82, 2.24) is 14.2 Å². The molecule has 0 saturated carbocycles. The third kappa shape index (κ3) is 4.58. The molecule has 2 aliphatic heterocycles. The van der Waals surface area contributed by atoms with Crippen molar-refractivity contribution in [3.8, 4) is 0 Å². The van der Waals surface area contributed by atoms with Gasteiger partial charge in [-0.05, 0) is 50.1 Å². The maximum Gasteiger partial charge on any atom is 0.256 e. The summed E-state index contributed by atoms with van der Waals surface area (Å²) < 4.78 is 28.0. The quantitative estimate of drug-likeness (QED) is 0.573. The van der Waals surface area contributed by atoms with Gasteiger partial charge >= 0.3 is 0 Å². The average molecular weight is 493 g/mol. The standard InChI is InChI=1S/C27H32N4O3S/c1-3-30-16-13-24-22(18-30)26(21-9-5-6-10-23(21)28-24)27(32)29-25-17-20(12-11-19(25)2)35(33,34)31-14-7-4-8-15-31/h5-6,9-12,17H,3-4,7-8,13-16,18H2,1-2H3,(H,29,32). The number of benzene rings is 2. The van der Waals surface area contributed by atoms with Crippen molar-refractivity contribution >= 4 is 32.5 Å². The number of sulfonamides is 1. The first-order valence-corrected chi connectivity index (χ1v) is 13.9. The molecule has 0 unspecified atom stereocenters. The number of rotatable bonds is 5. The molecule has 2 aromatic carbocycles. The van der Waals surface area contributed by atoms with E-state index in [9.17, 15) is 13.2 Å². The van der Waals surface area contributed by atoms with Gasteiger partial charge in [-0.2, -0.15) is 4.31 Å². The summed E-state index contributed by atoms with van der Waals surface area (Å²) in [6.07, 6.45) is 3.62. The predicted molar refractivity (Wildman–Crippen MR) is 138 cm³/mol. The first-order valence-electron chi connectivity index (χ1n) is 12.4. The van der Waals surface area contributed by atoms with Gasteiger partial charge < -0.3 is 5.32 Å². The third-order valence-electron chi connectivity index (χ3n) is 7.21. The maximum atomic E-state index is 13.8. The Morgan fingerprint density at radius 3 is 2.60 bits per heavy atom. The minimum absolute atomic E-state index is 0.221. The second kappa shape index (κ2) is 9.68. The lowest BCUT2D eigenvalue weighted by Gasteiger charge is -2.29. The lowest BCUT2D eigenvalue weighted by molar-refractivity contribution is 0.102. The van der Waals surface area contributed by atoms with E-state index in [1.165, 1.54) is 0 Å². The number of aryl methyl sites for hydroxylation is 1. The topological polar surface area (TPSA) is 82.6 Å². The number of likely N-dealkylation sites (N-methyl/N-ethyl adjacent to an activating group) is 1. The van der Waals surface area contributed by atoms with Crippen LogP contribution in [0.1, 0.15) is 53.4 Å². The van der Waals surface area contributed by atoms with Crippen LogP contribution in [0.25, 0.3) is 10.9 Å². The van der Waals surface area contributed by atoms with Crippen LogP contribution < -0.4 is 5.32 Å². The van der Waals surface area contributed by atoms with Gasteiger partial charge in [-0.3, -0.25) is 14.7 Å². The van der Waals surface area contributed by atoms with Gasteiger partial charge in [0.25, 0.3) is 5.91 Å². The number of aromatic nitrogens is 1. The number of nitrogens with one attached hydrogen (secondary N) is 1. The molecule has 0 aliphatic carbocycles. The van der Waals surface area contributed by atoms with E-state index in [0.29, 0.717) is 30.9 Å². The number of carbonyl (C=O) groups is 1. The summed E-state index contributed by atoms with van der Waals surface area (Å²) in [7, 11) is -3.60.